The van der Waals surface area contributed by atoms with Crippen LogP contribution >= 0.6 is 0 Å². The van der Waals surface area contributed by atoms with E-state index in [9.17, 15) is 0 Å². The van der Waals surface area contributed by atoms with E-state index < -0.39 is 0 Å². The average molecular weight is 156 g/mol. The molecule has 0 N–H and O–H groups in total. The number of allylic oxidation sites excluding steroid dienone is 1. The van der Waals surface area contributed by atoms with Crippen molar-refractivity contribution in [2.24, 2.45) is 0 Å². The summed E-state index contributed by atoms with van der Waals surface area (Å²) in [5.74, 6) is 0. The van der Waals surface area contributed by atoms with Gasteiger partial charge in [0.2, 0.25) is 0 Å². The highest BCUT2D eigenvalue weighted by atomic mass is 14.0. The molecule has 0 aromatic heterocycles. The monoisotopic (exact) mass is 156 g/mol. The van der Waals surface area contributed by atoms with Gasteiger partial charge in [0.1, 0.15) is 0 Å². The van der Waals surface area contributed by atoms with E-state index in [2.05, 4.69) is 20.4 Å². The van der Waals surface area contributed by atoms with Crippen molar-refractivity contribution in [3.05, 3.63) is 12.7 Å². The van der Waals surface area contributed by atoms with Crippen molar-refractivity contribution >= 4 is 0 Å². The molecule has 0 aromatic rings. The Morgan fingerprint density at radius 1 is 1.09 bits per heavy atom. The van der Waals surface area contributed by atoms with Crippen molar-refractivity contribution in [3.8, 4) is 0 Å². The third-order valence-electron chi connectivity index (χ3n) is 1.06. The van der Waals surface area contributed by atoms with Crippen molar-refractivity contribution < 1.29 is 0 Å². The summed E-state index contributed by atoms with van der Waals surface area (Å²) in [5.41, 5.74) is 0. The zero-order valence-corrected chi connectivity index (χ0v) is 8.53. The molecule has 11 heavy (non-hydrogen) atoms. The van der Waals surface area contributed by atoms with Gasteiger partial charge in [0.25, 0.3) is 0 Å². The minimum absolute atomic E-state index is 1.34. The van der Waals surface area contributed by atoms with Crippen LogP contribution in [0.5, 0.6) is 0 Å². The summed E-state index contributed by atoms with van der Waals surface area (Å²) in [6, 6.07) is 0. The van der Waals surface area contributed by atoms with Gasteiger partial charge in [-0.2, -0.15) is 0 Å². The lowest BCUT2D eigenvalue weighted by Gasteiger charge is -1.79. The minimum atomic E-state index is 1.34. The van der Waals surface area contributed by atoms with Crippen LogP contribution in [0.3, 0.4) is 0 Å². The zero-order valence-electron chi connectivity index (χ0n) is 8.53. The predicted octanol–water partition coefficient (Wildman–Crippen LogP) is 4.56. The van der Waals surface area contributed by atoms with E-state index in [0.717, 1.165) is 0 Å². The Morgan fingerprint density at radius 2 is 1.36 bits per heavy atom. The van der Waals surface area contributed by atoms with Crippen LogP contribution in [0.4, 0.5) is 0 Å². The number of hydrogen-bond acceptors (Lipinski definition) is 0. The van der Waals surface area contributed by atoms with Gasteiger partial charge < -0.3 is 0 Å². The molecule has 1 aliphatic carbocycles. The zero-order chi connectivity index (χ0) is 8.95. The molecule has 0 heterocycles. The molecular weight excluding hydrogens is 132 g/mol. The summed E-state index contributed by atoms with van der Waals surface area (Å²) < 4.78 is 0. The van der Waals surface area contributed by atoms with Crippen molar-refractivity contribution in [2.75, 3.05) is 0 Å². The standard InChI is InChI=1S/C5H12.2C3H6/c1-3-5-4-2;1-2-3-1;1-3-2/h3-5H2,1-2H3;1-3H2;3H,1H2,2H3. The van der Waals surface area contributed by atoms with E-state index in [-0.39, 0.29) is 0 Å². The van der Waals surface area contributed by atoms with Gasteiger partial charge >= 0.3 is 0 Å². The third-order valence-corrected chi connectivity index (χ3v) is 1.06. The summed E-state index contributed by atoms with van der Waals surface area (Å²) in [7, 11) is 0. The Labute approximate surface area is 72.7 Å². The van der Waals surface area contributed by atoms with Crippen molar-refractivity contribution in [2.45, 2.75) is 59.3 Å². The first kappa shape index (κ1) is 13.3. The maximum atomic E-state index is 3.36. The number of unbranched alkanes of at least 4 members (excludes halogenated alkanes) is 2. The van der Waals surface area contributed by atoms with Gasteiger partial charge in [0.05, 0.1) is 0 Å². The van der Waals surface area contributed by atoms with E-state index in [1.54, 1.807) is 6.08 Å². The molecule has 0 radical (unpaired) electrons. The van der Waals surface area contributed by atoms with E-state index >= 15 is 0 Å². The minimum Gasteiger partial charge on any atom is -0.103 e. The Morgan fingerprint density at radius 3 is 1.36 bits per heavy atom. The maximum absolute atomic E-state index is 3.36. The quantitative estimate of drug-likeness (QED) is 0.514. The predicted molar refractivity (Wildman–Crippen MR) is 54.9 cm³/mol. The van der Waals surface area contributed by atoms with E-state index in [1.165, 1.54) is 38.5 Å². The van der Waals surface area contributed by atoms with Crippen LogP contribution in [0, 0.1) is 0 Å². The van der Waals surface area contributed by atoms with Gasteiger partial charge in [-0.25, -0.2) is 0 Å². The molecule has 0 aromatic carbocycles. The fraction of sp³-hybridized carbons (Fsp3) is 0.818. The normalized spacial score (nSPS) is 11.5. The lowest BCUT2D eigenvalue weighted by molar-refractivity contribution is 0.772. The molecule has 0 heteroatoms. The molecule has 0 unspecified atom stereocenters. The summed E-state index contributed by atoms with van der Waals surface area (Å²) >= 11 is 0. The van der Waals surface area contributed by atoms with Gasteiger partial charge in [-0.3, -0.25) is 0 Å². The summed E-state index contributed by atoms with van der Waals surface area (Å²) in [4.78, 5) is 0. The second-order valence-corrected chi connectivity index (χ2v) is 2.82. The topological polar surface area (TPSA) is 0 Å². The molecule has 1 aliphatic rings. The highest BCUT2D eigenvalue weighted by Gasteiger charge is 1.95. The molecule has 1 saturated carbocycles. The average Bonchev–Trinajstić information content (AvgIpc) is 2.75. The van der Waals surface area contributed by atoms with Crippen LogP contribution in [0.2, 0.25) is 0 Å². The lowest BCUT2D eigenvalue weighted by Crippen LogP contribution is -1.59. The lowest BCUT2D eigenvalue weighted by atomic mass is 10.3. The summed E-state index contributed by atoms with van der Waals surface area (Å²) in [5, 5.41) is 0. The Kier molecular flexibility index (Phi) is 19.9. The number of rotatable bonds is 2. The fourth-order valence-corrected chi connectivity index (χ4v) is 0.354. The first-order valence-corrected chi connectivity index (χ1v) is 4.90. The van der Waals surface area contributed by atoms with Crippen molar-refractivity contribution in [1.82, 2.24) is 0 Å². The molecule has 0 bridgehead atoms. The maximum Gasteiger partial charge on any atom is -0.0473 e. The summed E-state index contributed by atoms with van der Waals surface area (Å²) in [6.07, 6.45) is 10.3. The third kappa shape index (κ3) is 77.7. The van der Waals surface area contributed by atoms with Gasteiger partial charge in [0.15, 0.2) is 0 Å². The van der Waals surface area contributed by atoms with Crippen LogP contribution in [-0.4, -0.2) is 0 Å². The fourth-order valence-electron chi connectivity index (χ4n) is 0.354. The van der Waals surface area contributed by atoms with Crippen molar-refractivity contribution in [3.63, 3.8) is 0 Å². The van der Waals surface area contributed by atoms with Crippen LogP contribution in [-0.2, 0) is 0 Å². The first-order valence-electron chi connectivity index (χ1n) is 4.90. The molecule has 0 atom stereocenters. The number of hydrogen-bond donors (Lipinski definition) is 0. The largest absolute Gasteiger partial charge is 0.103 e. The molecule has 0 nitrogen and oxygen atoms in total. The van der Waals surface area contributed by atoms with Crippen LogP contribution in [0.15, 0.2) is 12.7 Å². The van der Waals surface area contributed by atoms with E-state index in [4.69, 9.17) is 0 Å². The van der Waals surface area contributed by atoms with Crippen LogP contribution in [0.1, 0.15) is 59.3 Å². The molecule has 0 spiro atoms. The molecular formula is C11H24. The van der Waals surface area contributed by atoms with Crippen molar-refractivity contribution in [1.29, 1.82) is 0 Å². The molecule has 0 aliphatic heterocycles. The SMILES string of the molecule is C1CC1.C=CC.CCCCC. The highest BCUT2D eigenvalue weighted by molar-refractivity contribution is 4.51. The van der Waals surface area contributed by atoms with Gasteiger partial charge in [-0.05, 0) is 6.92 Å². The highest BCUT2D eigenvalue weighted by Crippen LogP contribution is 2.14. The van der Waals surface area contributed by atoms with E-state index in [0.29, 0.717) is 0 Å². The molecule has 0 amide bonds. The Hall–Kier alpha value is -0.260. The molecule has 68 valence electrons. The van der Waals surface area contributed by atoms with Crippen LogP contribution in [0.25, 0.3) is 0 Å². The van der Waals surface area contributed by atoms with Crippen LogP contribution < -0.4 is 0 Å². The second kappa shape index (κ2) is 16.4. The molecule has 1 rings (SSSR count). The van der Waals surface area contributed by atoms with E-state index in [1.807, 2.05) is 6.92 Å². The van der Waals surface area contributed by atoms with Gasteiger partial charge in [-0.1, -0.05) is 58.4 Å². The summed E-state index contributed by atoms with van der Waals surface area (Å²) in [6.45, 7) is 9.67. The Balaban J connectivity index is 0. The van der Waals surface area contributed by atoms with Gasteiger partial charge in [0, 0.05) is 0 Å². The second-order valence-electron chi connectivity index (χ2n) is 2.82. The first-order chi connectivity index (χ1) is 5.33. The smallest absolute Gasteiger partial charge is 0.0473 e. The Bertz CT molecular complexity index is 48.3. The molecule has 1 fully saturated rings. The molecule has 0 saturated heterocycles. The van der Waals surface area contributed by atoms with Gasteiger partial charge in [-0.15, -0.1) is 6.58 Å².